The van der Waals surface area contributed by atoms with Crippen LogP contribution in [0.4, 0.5) is 0 Å². The molecule has 2 N–H and O–H groups in total. The molecule has 0 aromatic heterocycles. The van der Waals surface area contributed by atoms with Gasteiger partial charge in [0, 0.05) is 13.2 Å². The van der Waals surface area contributed by atoms with Gasteiger partial charge in [-0.15, -0.1) is 0 Å². The van der Waals surface area contributed by atoms with Crippen molar-refractivity contribution >= 4 is 5.97 Å². The second-order valence-corrected chi connectivity index (χ2v) is 1.93. The van der Waals surface area contributed by atoms with Gasteiger partial charge in [0.2, 0.25) is 0 Å². The molecule has 0 amide bonds. The number of carboxylic acids is 1. The lowest BCUT2D eigenvalue weighted by Crippen LogP contribution is -2.20. The molecule has 0 aromatic rings. The highest BCUT2D eigenvalue weighted by Gasteiger charge is 2.09. The van der Waals surface area contributed by atoms with Crippen LogP contribution in [0.2, 0.25) is 0 Å². The Hall–Kier alpha value is -0.610. The lowest BCUT2D eigenvalue weighted by Gasteiger charge is -2.05. The number of carboxylic acid groups (broad SMARTS) is 1. The van der Waals surface area contributed by atoms with Gasteiger partial charge in [0.1, 0.15) is 0 Å². The number of aliphatic hydroxyl groups is 1. The summed E-state index contributed by atoms with van der Waals surface area (Å²) in [7, 11) is 0. The molecule has 1 atom stereocenters. The maximum Gasteiger partial charge on any atom is 0.332 e. The topological polar surface area (TPSA) is 66.8 Å². The first-order valence-electron chi connectivity index (χ1n) is 3.13. The molecular formula is C6H12O4. The van der Waals surface area contributed by atoms with E-state index in [0.717, 1.165) is 0 Å². The number of carbonyl (C=O) groups is 1. The summed E-state index contributed by atoms with van der Waals surface area (Å²) in [6.07, 6.45) is -0.288. The zero-order valence-corrected chi connectivity index (χ0v) is 5.91. The average molecular weight is 148 g/mol. The summed E-state index contributed by atoms with van der Waals surface area (Å²) in [6, 6.07) is 0. The van der Waals surface area contributed by atoms with Gasteiger partial charge in [0.05, 0.1) is 0 Å². The van der Waals surface area contributed by atoms with Gasteiger partial charge >= 0.3 is 5.97 Å². The van der Waals surface area contributed by atoms with Crippen LogP contribution in [0.1, 0.15) is 13.3 Å². The number of hydrogen-bond acceptors (Lipinski definition) is 3. The highest BCUT2D eigenvalue weighted by molar-refractivity contribution is 5.71. The lowest BCUT2D eigenvalue weighted by atomic mass is 10.4. The van der Waals surface area contributed by atoms with Crippen LogP contribution in [0.5, 0.6) is 0 Å². The standard InChI is InChI=1S/C6H12O4/c1-5(6(8)9)10-4-2-3-7/h5,7H,2-4H2,1H3,(H,8,9)/t5-/m1/s1. The quantitative estimate of drug-likeness (QED) is 0.532. The summed E-state index contributed by atoms with van der Waals surface area (Å²) in [5, 5.41) is 16.6. The van der Waals surface area contributed by atoms with Gasteiger partial charge in [-0.1, -0.05) is 0 Å². The van der Waals surface area contributed by atoms with Crippen molar-refractivity contribution in [2.24, 2.45) is 0 Å². The van der Waals surface area contributed by atoms with E-state index in [1.807, 2.05) is 0 Å². The first kappa shape index (κ1) is 9.39. The van der Waals surface area contributed by atoms with E-state index in [1.54, 1.807) is 0 Å². The van der Waals surface area contributed by atoms with E-state index in [-0.39, 0.29) is 6.61 Å². The molecule has 0 spiro atoms. The predicted molar refractivity (Wildman–Crippen MR) is 34.8 cm³/mol. The maximum atomic E-state index is 10.1. The molecule has 0 aromatic carbocycles. The van der Waals surface area contributed by atoms with Gasteiger partial charge in [0.25, 0.3) is 0 Å². The lowest BCUT2D eigenvalue weighted by molar-refractivity contribution is -0.149. The van der Waals surface area contributed by atoms with Crippen LogP contribution in [-0.4, -0.2) is 35.5 Å². The number of hydrogen-bond donors (Lipinski definition) is 2. The molecule has 4 heteroatoms. The van der Waals surface area contributed by atoms with Crippen molar-refractivity contribution in [3.63, 3.8) is 0 Å². The van der Waals surface area contributed by atoms with Crippen molar-refractivity contribution in [2.45, 2.75) is 19.4 Å². The van der Waals surface area contributed by atoms with Crippen molar-refractivity contribution < 1.29 is 19.7 Å². The molecule has 0 saturated heterocycles. The molecule has 0 bridgehead atoms. The monoisotopic (exact) mass is 148 g/mol. The van der Waals surface area contributed by atoms with E-state index < -0.39 is 12.1 Å². The normalized spacial score (nSPS) is 13.0. The van der Waals surface area contributed by atoms with Crippen molar-refractivity contribution in [3.05, 3.63) is 0 Å². The number of rotatable bonds is 5. The minimum absolute atomic E-state index is 0.0341. The smallest absolute Gasteiger partial charge is 0.332 e. The SMILES string of the molecule is C[C@@H](OCCCO)C(=O)O. The molecule has 0 saturated carbocycles. The molecule has 0 aliphatic heterocycles. The molecule has 0 radical (unpaired) electrons. The molecule has 4 nitrogen and oxygen atoms in total. The van der Waals surface area contributed by atoms with E-state index in [4.69, 9.17) is 14.9 Å². The first-order chi connectivity index (χ1) is 4.68. The third-order valence-corrected chi connectivity index (χ3v) is 1.02. The molecule has 0 heterocycles. The van der Waals surface area contributed by atoms with E-state index in [1.165, 1.54) is 6.92 Å². The Morgan fingerprint density at radius 1 is 1.70 bits per heavy atom. The van der Waals surface area contributed by atoms with Crippen molar-refractivity contribution in [2.75, 3.05) is 13.2 Å². The fraction of sp³-hybridized carbons (Fsp3) is 0.833. The van der Waals surface area contributed by atoms with Crippen molar-refractivity contribution in [1.82, 2.24) is 0 Å². The van der Waals surface area contributed by atoms with Crippen molar-refractivity contribution in [1.29, 1.82) is 0 Å². The molecule has 0 unspecified atom stereocenters. The highest BCUT2D eigenvalue weighted by Crippen LogP contribution is 1.91. The van der Waals surface area contributed by atoms with Crippen LogP contribution in [0.15, 0.2) is 0 Å². The second-order valence-electron chi connectivity index (χ2n) is 1.93. The predicted octanol–water partition coefficient (Wildman–Crippen LogP) is -0.142. The van der Waals surface area contributed by atoms with Crippen molar-refractivity contribution in [3.8, 4) is 0 Å². The molecule has 0 fully saturated rings. The maximum absolute atomic E-state index is 10.1. The van der Waals surface area contributed by atoms with E-state index in [9.17, 15) is 4.79 Å². The Kier molecular flexibility index (Phi) is 4.88. The summed E-state index contributed by atoms with van der Waals surface area (Å²) in [6.45, 7) is 1.79. The molecular weight excluding hydrogens is 136 g/mol. The Bertz CT molecular complexity index is 102. The van der Waals surface area contributed by atoms with E-state index >= 15 is 0 Å². The molecule has 60 valence electrons. The third-order valence-electron chi connectivity index (χ3n) is 1.02. The molecule has 0 aliphatic carbocycles. The minimum atomic E-state index is -0.974. The van der Waals surface area contributed by atoms with Gasteiger partial charge in [0.15, 0.2) is 6.10 Å². The van der Waals surface area contributed by atoms with Crippen LogP contribution < -0.4 is 0 Å². The van der Waals surface area contributed by atoms with Crippen LogP contribution >= 0.6 is 0 Å². The van der Waals surface area contributed by atoms with Gasteiger partial charge < -0.3 is 14.9 Å². The van der Waals surface area contributed by atoms with Gasteiger partial charge in [-0.3, -0.25) is 0 Å². The molecule has 0 aliphatic rings. The van der Waals surface area contributed by atoms with Crippen LogP contribution in [0.25, 0.3) is 0 Å². The van der Waals surface area contributed by atoms with E-state index in [0.29, 0.717) is 13.0 Å². The van der Waals surface area contributed by atoms with Gasteiger partial charge in [-0.05, 0) is 13.3 Å². The summed E-state index contributed by atoms with van der Waals surface area (Å²) in [5.74, 6) is -0.974. The largest absolute Gasteiger partial charge is 0.479 e. The van der Waals surface area contributed by atoms with Crippen LogP contribution in [0, 0.1) is 0 Å². The first-order valence-corrected chi connectivity index (χ1v) is 3.13. The zero-order valence-electron chi connectivity index (χ0n) is 5.91. The number of aliphatic carboxylic acids is 1. The van der Waals surface area contributed by atoms with Gasteiger partial charge in [-0.2, -0.15) is 0 Å². The Morgan fingerprint density at radius 2 is 2.30 bits per heavy atom. The Balaban J connectivity index is 3.21. The van der Waals surface area contributed by atoms with Crippen LogP contribution in [0.3, 0.4) is 0 Å². The number of aliphatic hydroxyl groups excluding tert-OH is 1. The minimum Gasteiger partial charge on any atom is -0.479 e. The third kappa shape index (κ3) is 4.29. The summed E-state index contributed by atoms with van der Waals surface area (Å²) < 4.78 is 4.78. The summed E-state index contributed by atoms with van der Waals surface area (Å²) in [4.78, 5) is 10.1. The Labute approximate surface area is 59.4 Å². The fourth-order valence-electron chi connectivity index (χ4n) is 0.396. The Morgan fingerprint density at radius 3 is 2.70 bits per heavy atom. The average Bonchev–Trinajstić information content (AvgIpc) is 1.88. The zero-order chi connectivity index (χ0) is 7.98. The summed E-state index contributed by atoms with van der Waals surface area (Å²) in [5.41, 5.74) is 0. The van der Waals surface area contributed by atoms with Crippen LogP contribution in [-0.2, 0) is 9.53 Å². The number of ether oxygens (including phenoxy) is 1. The fourth-order valence-corrected chi connectivity index (χ4v) is 0.396. The summed E-state index contributed by atoms with van der Waals surface area (Å²) >= 11 is 0. The second kappa shape index (κ2) is 5.20. The highest BCUT2D eigenvalue weighted by atomic mass is 16.5. The van der Waals surface area contributed by atoms with E-state index in [2.05, 4.69) is 0 Å². The molecule has 10 heavy (non-hydrogen) atoms. The van der Waals surface area contributed by atoms with Gasteiger partial charge in [-0.25, -0.2) is 4.79 Å². The molecule has 0 rings (SSSR count).